The maximum Gasteiger partial charge on any atom is 0.226 e. The quantitative estimate of drug-likeness (QED) is 0.782. The molecule has 0 bridgehead atoms. The Morgan fingerprint density at radius 2 is 2.10 bits per heavy atom. The third kappa shape index (κ3) is 3.45. The van der Waals surface area contributed by atoms with Crippen LogP contribution in [-0.2, 0) is 9.59 Å². The molecule has 1 saturated heterocycles. The fourth-order valence-electron chi connectivity index (χ4n) is 2.39. The van der Waals surface area contributed by atoms with Crippen LogP contribution in [-0.4, -0.2) is 36.4 Å². The molecule has 1 unspecified atom stereocenters. The maximum absolute atomic E-state index is 12.1. The minimum Gasteiger partial charge on any atom is -0.491 e. The summed E-state index contributed by atoms with van der Waals surface area (Å²) in [5.41, 5.74) is 11.1. The number of ether oxygens (including phenoxy) is 1. The van der Waals surface area contributed by atoms with Crippen LogP contribution in [0.25, 0.3) is 0 Å². The standard InChI is InChI=1S/C15H21N3O3/c1-15(14(17)20)7-8-18(10-15)13(19)6-9-21-12-5-3-2-4-11(12)16/h2-5H,6-10,16H2,1H3,(H2,17,20). The molecule has 1 aromatic carbocycles. The van der Waals surface area contributed by atoms with Gasteiger partial charge in [0.05, 0.1) is 24.1 Å². The summed E-state index contributed by atoms with van der Waals surface area (Å²) in [4.78, 5) is 25.1. The van der Waals surface area contributed by atoms with Gasteiger partial charge in [0, 0.05) is 13.1 Å². The number of carbonyl (C=O) groups excluding carboxylic acids is 2. The van der Waals surface area contributed by atoms with Crippen molar-refractivity contribution in [3.05, 3.63) is 24.3 Å². The van der Waals surface area contributed by atoms with Crippen molar-refractivity contribution >= 4 is 17.5 Å². The van der Waals surface area contributed by atoms with E-state index in [0.29, 0.717) is 30.9 Å². The summed E-state index contributed by atoms with van der Waals surface area (Å²) in [6, 6.07) is 7.16. The molecule has 1 aliphatic heterocycles. The van der Waals surface area contributed by atoms with Crippen molar-refractivity contribution in [1.29, 1.82) is 0 Å². The number of carbonyl (C=O) groups is 2. The van der Waals surface area contributed by atoms with Crippen LogP contribution in [0.15, 0.2) is 24.3 Å². The monoisotopic (exact) mass is 291 g/mol. The maximum atomic E-state index is 12.1. The van der Waals surface area contributed by atoms with Gasteiger partial charge in [-0.05, 0) is 25.5 Å². The second-order valence-corrected chi connectivity index (χ2v) is 5.63. The zero-order valence-electron chi connectivity index (χ0n) is 12.2. The SMILES string of the molecule is CC1(C(N)=O)CCN(C(=O)CCOc2ccccc2N)C1. The van der Waals surface area contributed by atoms with Gasteiger partial charge in [0.1, 0.15) is 5.75 Å². The lowest BCUT2D eigenvalue weighted by Gasteiger charge is -2.21. The molecule has 0 aromatic heterocycles. The summed E-state index contributed by atoms with van der Waals surface area (Å²) >= 11 is 0. The van der Waals surface area contributed by atoms with Crippen LogP contribution in [0.1, 0.15) is 19.8 Å². The van der Waals surface area contributed by atoms with E-state index in [9.17, 15) is 9.59 Å². The second-order valence-electron chi connectivity index (χ2n) is 5.63. The van der Waals surface area contributed by atoms with Crippen molar-refractivity contribution in [1.82, 2.24) is 4.90 Å². The van der Waals surface area contributed by atoms with Gasteiger partial charge in [-0.25, -0.2) is 0 Å². The molecule has 114 valence electrons. The van der Waals surface area contributed by atoms with Gasteiger partial charge >= 0.3 is 0 Å². The predicted molar refractivity (Wildman–Crippen MR) is 79.5 cm³/mol. The van der Waals surface area contributed by atoms with Crippen LogP contribution in [0.4, 0.5) is 5.69 Å². The van der Waals surface area contributed by atoms with Crippen molar-refractivity contribution in [3.63, 3.8) is 0 Å². The van der Waals surface area contributed by atoms with Crippen LogP contribution >= 0.6 is 0 Å². The average Bonchev–Trinajstić information content (AvgIpc) is 2.85. The number of amides is 2. The smallest absolute Gasteiger partial charge is 0.226 e. The molecule has 1 aliphatic rings. The van der Waals surface area contributed by atoms with E-state index in [1.165, 1.54) is 0 Å². The number of rotatable bonds is 5. The zero-order chi connectivity index (χ0) is 15.5. The first-order valence-electron chi connectivity index (χ1n) is 6.97. The van der Waals surface area contributed by atoms with Crippen molar-refractivity contribution in [3.8, 4) is 5.75 Å². The molecule has 6 heteroatoms. The van der Waals surface area contributed by atoms with E-state index in [4.69, 9.17) is 16.2 Å². The number of hydrogen-bond acceptors (Lipinski definition) is 4. The van der Waals surface area contributed by atoms with E-state index in [1.54, 1.807) is 24.0 Å². The molecule has 2 rings (SSSR count). The highest BCUT2D eigenvalue weighted by atomic mass is 16.5. The average molecular weight is 291 g/mol. The summed E-state index contributed by atoms with van der Waals surface area (Å²) in [5.74, 6) is 0.189. The predicted octanol–water partition coefficient (Wildman–Crippen LogP) is 0.762. The minimum atomic E-state index is -0.611. The molecule has 21 heavy (non-hydrogen) atoms. The lowest BCUT2D eigenvalue weighted by molar-refractivity contribution is -0.132. The van der Waals surface area contributed by atoms with Crippen molar-refractivity contribution < 1.29 is 14.3 Å². The molecule has 0 aliphatic carbocycles. The summed E-state index contributed by atoms with van der Waals surface area (Å²) < 4.78 is 5.50. The molecule has 1 fully saturated rings. The molecule has 4 N–H and O–H groups in total. The third-order valence-corrected chi connectivity index (χ3v) is 3.91. The fraction of sp³-hybridized carbons (Fsp3) is 0.467. The third-order valence-electron chi connectivity index (χ3n) is 3.91. The molecule has 1 heterocycles. The van der Waals surface area contributed by atoms with Crippen LogP contribution in [0.5, 0.6) is 5.75 Å². The summed E-state index contributed by atoms with van der Waals surface area (Å²) in [6.07, 6.45) is 0.865. The van der Waals surface area contributed by atoms with E-state index in [2.05, 4.69) is 0 Å². The highest BCUT2D eigenvalue weighted by Gasteiger charge is 2.40. The van der Waals surface area contributed by atoms with E-state index in [0.717, 1.165) is 0 Å². The van der Waals surface area contributed by atoms with Crippen LogP contribution < -0.4 is 16.2 Å². The Bertz CT molecular complexity index is 547. The Balaban J connectivity index is 1.81. The number of likely N-dealkylation sites (tertiary alicyclic amines) is 1. The summed E-state index contributed by atoms with van der Waals surface area (Å²) in [7, 11) is 0. The fourth-order valence-corrected chi connectivity index (χ4v) is 2.39. The number of anilines is 1. The van der Waals surface area contributed by atoms with Gasteiger partial charge in [-0.15, -0.1) is 0 Å². The number of nitrogen functional groups attached to an aromatic ring is 1. The van der Waals surface area contributed by atoms with E-state index in [1.807, 2.05) is 12.1 Å². The van der Waals surface area contributed by atoms with Gasteiger partial charge in [-0.3, -0.25) is 9.59 Å². The minimum absolute atomic E-state index is 0.0329. The zero-order valence-corrected chi connectivity index (χ0v) is 12.2. The van der Waals surface area contributed by atoms with Crippen molar-refractivity contribution in [2.45, 2.75) is 19.8 Å². The molecule has 0 saturated carbocycles. The van der Waals surface area contributed by atoms with Crippen LogP contribution in [0, 0.1) is 5.41 Å². The molecule has 6 nitrogen and oxygen atoms in total. The summed E-state index contributed by atoms with van der Waals surface area (Å²) in [5, 5.41) is 0. The van der Waals surface area contributed by atoms with Crippen LogP contribution in [0.2, 0.25) is 0 Å². The molecule has 0 spiro atoms. The topological polar surface area (TPSA) is 98.7 Å². The van der Waals surface area contributed by atoms with E-state index < -0.39 is 5.41 Å². The highest BCUT2D eigenvalue weighted by Crippen LogP contribution is 2.29. The lowest BCUT2D eigenvalue weighted by Crippen LogP contribution is -2.38. The normalized spacial score (nSPS) is 21.3. The first-order chi connectivity index (χ1) is 9.92. The molecule has 0 radical (unpaired) electrons. The first-order valence-corrected chi connectivity index (χ1v) is 6.97. The number of primary amides is 1. The Labute approximate surface area is 124 Å². The Morgan fingerprint density at radius 3 is 2.71 bits per heavy atom. The molecule has 1 aromatic rings. The Kier molecular flexibility index (Phi) is 4.35. The van der Waals surface area contributed by atoms with Gasteiger partial charge in [0.2, 0.25) is 11.8 Å². The van der Waals surface area contributed by atoms with E-state index >= 15 is 0 Å². The summed E-state index contributed by atoms with van der Waals surface area (Å²) in [6.45, 7) is 3.00. The first kappa shape index (κ1) is 15.2. The Hall–Kier alpha value is -2.24. The highest BCUT2D eigenvalue weighted by molar-refractivity contribution is 5.83. The van der Waals surface area contributed by atoms with Gasteiger partial charge in [-0.1, -0.05) is 12.1 Å². The van der Waals surface area contributed by atoms with Crippen molar-refractivity contribution in [2.24, 2.45) is 11.1 Å². The van der Waals surface area contributed by atoms with Gasteiger partial charge in [0.25, 0.3) is 0 Å². The number of para-hydroxylation sites is 2. The molecule has 2 amide bonds. The van der Waals surface area contributed by atoms with Gasteiger partial charge < -0.3 is 21.1 Å². The van der Waals surface area contributed by atoms with E-state index in [-0.39, 0.29) is 24.8 Å². The van der Waals surface area contributed by atoms with Gasteiger partial charge in [-0.2, -0.15) is 0 Å². The largest absolute Gasteiger partial charge is 0.491 e. The van der Waals surface area contributed by atoms with Gasteiger partial charge in [0.15, 0.2) is 0 Å². The number of benzene rings is 1. The number of nitrogens with zero attached hydrogens (tertiary/aromatic N) is 1. The number of nitrogens with two attached hydrogens (primary N) is 2. The molecular weight excluding hydrogens is 270 g/mol. The van der Waals surface area contributed by atoms with Crippen LogP contribution in [0.3, 0.4) is 0 Å². The number of hydrogen-bond donors (Lipinski definition) is 2. The molecular formula is C15H21N3O3. The second kappa shape index (κ2) is 6.03. The molecule has 1 atom stereocenters. The van der Waals surface area contributed by atoms with Crippen molar-refractivity contribution in [2.75, 3.05) is 25.4 Å². The lowest BCUT2D eigenvalue weighted by atomic mass is 9.89. The Morgan fingerprint density at radius 1 is 1.38 bits per heavy atom.